The van der Waals surface area contributed by atoms with Crippen LogP contribution >= 0.6 is 15.9 Å². The number of benzene rings is 2. The van der Waals surface area contributed by atoms with E-state index < -0.39 is 0 Å². The minimum absolute atomic E-state index is 0.318. The lowest BCUT2D eigenvalue weighted by atomic mass is 9.92. The molecule has 3 heteroatoms. The summed E-state index contributed by atoms with van der Waals surface area (Å²) in [5.74, 6) is 0.293. The Morgan fingerprint density at radius 3 is 2.55 bits per heavy atom. The molecule has 2 aromatic carbocycles. The summed E-state index contributed by atoms with van der Waals surface area (Å²) in [5.41, 5.74) is 3.22. The molecule has 0 N–H and O–H groups in total. The van der Waals surface area contributed by atoms with Gasteiger partial charge < -0.3 is 4.74 Å². The van der Waals surface area contributed by atoms with Crippen molar-refractivity contribution in [3.8, 4) is 5.75 Å². The predicted octanol–water partition coefficient (Wildman–Crippen LogP) is 4.55. The highest BCUT2D eigenvalue weighted by molar-refractivity contribution is 9.10. The van der Waals surface area contributed by atoms with Gasteiger partial charge in [0.25, 0.3) is 0 Å². The van der Waals surface area contributed by atoms with E-state index in [4.69, 9.17) is 4.74 Å². The van der Waals surface area contributed by atoms with Crippen molar-refractivity contribution >= 4 is 21.9 Å². The van der Waals surface area contributed by atoms with E-state index >= 15 is 0 Å². The summed E-state index contributed by atoms with van der Waals surface area (Å²) in [6.07, 6.45) is 4.60. The normalized spacial score (nSPS) is 13.7. The van der Waals surface area contributed by atoms with Crippen molar-refractivity contribution < 1.29 is 9.53 Å². The lowest BCUT2D eigenvalue weighted by Gasteiger charge is -2.19. The standard InChI is InChI=1S/C17H15BrO2/c18-16-14-9-5-4-6-12(14)10-11-15(16)20-17(19)13-7-2-1-3-8-13/h1-3,7-8,10-11H,4-6,9H2. The van der Waals surface area contributed by atoms with Crippen molar-refractivity contribution in [3.05, 3.63) is 63.6 Å². The summed E-state index contributed by atoms with van der Waals surface area (Å²) in [7, 11) is 0. The SMILES string of the molecule is O=C(Oc1ccc2c(c1Br)CCCC2)c1ccccc1. The van der Waals surface area contributed by atoms with Crippen molar-refractivity contribution in [1.82, 2.24) is 0 Å². The van der Waals surface area contributed by atoms with Gasteiger partial charge in [0.1, 0.15) is 5.75 Å². The van der Waals surface area contributed by atoms with Gasteiger partial charge in [0.2, 0.25) is 0 Å². The van der Waals surface area contributed by atoms with Gasteiger partial charge in [-0.2, -0.15) is 0 Å². The molecule has 0 bridgehead atoms. The highest BCUT2D eigenvalue weighted by atomic mass is 79.9. The fourth-order valence-corrected chi connectivity index (χ4v) is 3.24. The molecule has 0 radical (unpaired) electrons. The Hall–Kier alpha value is -1.61. The van der Waals surface area contributed by atoms with Gasteiger partial charge in [-0.3, -0.25) is 0 Å². The zero-order valence-corrected chi connectivity index (χ0v) is 12.7. The topological polar surface area (TPSA) is 26.3 Å². The van der Waals surface area contributed by atoms with E-state index in [0.29, 0.717) is 11.3 Å². The molecule has 1 aliphatic carbocycles. The van der Waals surface area contributed by atoms with Crippen LogP contribution in [0.25, 0.3) is 0 Å². The molecule has 0 saturated heterocycles. The molecule has 3 rings (SSSR count). The van der Waals surface area contributed by atoms with Gasteiger partial charge in [-0.05, 0) is 70.9 Å². The van der Waals surface area contributed by atoms with E-state index in [1.54, 1.807) is 12.1 Å². The van der Waals surface area contributed by atoms with Crippen LogP contribution in [-0.2, 0) is 12.8 Å². The molecule has 2 aromatic rings. The minimum Gasteiger partial charge on any atom is -0.422 e. The molecule has 0 amide bonds. The van der Waals surface area contributed by atoms with Gasteiger partial charge in [-0.1, -0.05) is 24.3 Å². The highest BCUT2D eigenvalue weighted by Crippen LogP contribution is 2.35. The maximum atomic E-state index is 12.1. The molecule has 0 fully saturated rings. The Morgan fingerprint density at radius 1 is 1.00 bits per heavy atom. The van der Waals surface area contributed by atoms with Gasteiger partial charge in [-0.15, -0.1) is 0 Å². The van der Waals surface area contributed by atoms with Crippen LogP contribution in [0.4, 0.5) is 0 Å². The first-order valence-electron chi connectivity index (χ1n) is 6.83. The van der Waals surface area contributed by atoms with Crippen LogP contribution in [0.2, 0.25) is 0 Å². The molecule has 0 heterocycles. The number of esters is 1. The number of hydrogen-bond donors (Lipinski definition) is 0. The van der Waals surface area contributed by atoms with Crippen LogP contribution in [-0.4, -0.2) is 5.97 Å². The van der Waals surface area contributed by atoms with Crippen molar-refractivity contribution in [1.29, 1.82) is 0 Å². The first-order valence-corrected chi connectivity index (χ1v) is 7.62. The summed E-state index contributed by atoms with van der Waals surface area (Å²) in [4.78, 5) is 12.1. The van der Waals surface area contributed by atoms with Crippen LogP contribution in [0, 0.1) is 0 Å². The monoisotopic (exact) mass is 330 g/mol. The number of fused-ring (bicyclic) bond motifs is 1. The van der Waals surface area contributed by atoms with Gasteiger partial charge >= 0.3 is 5.97 Å². The Bertz CT molecular complexity index is 635. The Labute approximate surface area is 126 Å². The number of rotatable bonds is 2. The smallest absolute Gasteiger partial charge is 0.343 e. The molecule has 2 nitrogen and oxygen atoms in total. The van der Waals surface area contributed by atoms with Crippen LogP contribution in [0.15, 0.2) is 46.9 Å². The number of halogens is 1. The molecule has 0 unspecified atom stereocenters. The summed E-state index contributed by atoms with van der Waals surface area (Å²) in [6.45, 7) is 0. The summed E-state index contributed by atoms with van der Waals surface area (Å²) in [5, 5.41) is 0. The third-order valence-electron chi connectivity index (χ3n) is 3.64. The largest absolute Gasteiger partial charge is 0.422 e. The molecule has 0 spiro atoms. The predicted molar refractivity (Wildman–Crippen MR) is 82.2 cm³/mol. The summed E-state index contributed by atoms with van der Waals surface area (Å²) < 4.78 is 6.44. The molecule has 1 aliphatic rings. The fraction of sp³-hybridized carbons (Fsp3) is 0.235. The number of carbonyl (C=O) groups is 1. The summed E-state index contributed by atoms with van der Waals surface area (Å²) >= 11 is 3.59. The van der Waals surface area contributed by atoms with E-state index in [-0.39, 0.29) is 5.97 Å². The highest BCUT2D eigenvalue weighted by Gasteiger charge is 2.17. The quantitative estimate of drug-likeness (QED) is 0.596. The lowest BCUT2D eigenvalue weighted by molar-refractivity contribution is 0.0733. The van der Waals surface area contributed by atoms with Crippen LogP contribution in [0.1, 0.15) is 34.3 Å². The number of aryl methyl sites for hydroxylation is 1. The van der Waals surface area contributed by atoms with Crippen LogP contribution in [0.3, 0.4) is 0 Å². The Balaban J connectivity index is 1.86. The van der Waals surface area contributed by atoms with E-state index in [2.05, 4.69) is 22.0 Å². The minimum atomic E-state index is -0.318. The van der Waals surface area contributed by atoms with Crippen molar-refractivity contribution in [2.24, 2.45) is 0 Å². The molecule has 102 valence electrons. The average molecular weight is 331 g/mol. The average Bonchev–Trinajstić information content (AvgIpc) is 2.51. The second kappa shape index (κ2) is 5.80. The molecule has 20 heavy (non-hydrogen) atoms. The Kier molecular flexibility index (Phi) is 3.88. The van der Waals surface area contributed by atoms with Gasteiger partial charge in [-0.25, -0.2) is 4.79 Å². The third-order valence-corrected chi connectivity index (χ3v) is 4.51. The third kappa shape index (κ3) is 2.63. The second-order valence-electron chi connectivity index (χ2n) is 4.98. The van der Waals surface area contributed by atoms with E-state index in [1.165, 1.54) is 24.0 Å². The van der Waals surface area contributed by atoms with Crippen LogP contribution < -0.4 is 4.74 Å². The molecular weight excluding hydrogens is 316 g/mol. The maximum absolute atomic E-state index is 12.1. The molecule has 0 aliphatic heterocycles. The molecule has 0 aromatic heterocycles. The van der Waals surface area contributed by atoms with Crippen molar-refractivity contribution in [2.75, 3.05) is 0 Å². The van der Waals surface area contributed by atoms with Gasteiger partial charge in [0.05, 0.1) is 10.0 Å². The Morgan fingerprint density at radius 2 is 1.75 bits per heavy atom. The second-order valence-corrected chi connectivity index (χ2v) is 5.77. The van der Waals surface area contributed by atoms with E-state index in [9.17, 15) is 4.79 Å². The molecule has 0 saturated carbocycles. The zero-order chi connectivity index (χ0) is 13.9. The van der Waals surface area contributed by atoms with Crippen molar-refractivity contribution in [3.63, 3.8) is 0 Å². The van der Waals surface area contributed by atoms with E-state index in [1.807, 2.05) is 24.3 Å². The number of carbonyl (C=O) groups excluding carboxylic acids is 1. The van der Waals surface area contributed by atoms with Crippen LogP contribution in [0.5, 0.6) is 5.75 Å². The van der Waals surface area contributed by atoms with Gasteiger partial charge in [0.15, 0.2) is 0 Å². The molecule has 0 atom stereocenters. The lowest BCUT2D eigenvalue weighted by Crippen LogP contribution is -2.10. The number of ether oxygens (including phenoxy) is 1. The fourth-order valence-electron chi connectivity index (χ4n) is 2.57. The molecular formula is C17H15BrO2. The van der Waals surface area contributed by atoms with E-state index in [0.717, 1.165) is 17.3 Å². The van der Waals surface area contributed by atoms with Gasteiger partial charge in [0, 0.05) is 0 Å². The van der Waals surface area contributed by atoms with Crippen molar-refractivity contribution in [2.45, 2.75) is 25.7 Å². The first-order chi connectivity index (χ1) is 9.75. The first kappa shape index (κ1) is 13.4. The number of hydrogen-bond acceptors (Lipinski definition) is 2. The maximum Gasteiger partial charge on any atom is 0.343 e. The zero-order valence-electron chi connectivity index (χ0n) is 11.1. The summed E-state index contributed by atoms with van der Waals surface area (Å²) in [6, 6.07) is 13.0.